The van der Waals surface area contributed by atoms with E-state index in [0.29, 0.717) is 6.54 Å². The summed E-state index contributed by atoms with van der Waals surface area (Å²) in [6.07, 6.45) is 0. The fourth-order valence-electron chi connectivity index (χ4n) is 0.401. The van der Waals surface area contributed by atoms with Crippen LogP contribution in [0.5, 0.6) is 0 Å². The number of nitrogens with one attached hydrogen (secondary N) is 1. The maximum atomic E-state index is 9.94. The molecule has 11 heavy (non-hydrogen) atoms. The Balaban J connectivity index is 0. The van der Waals surface area contributed by atoms with E-state index in [0.717, 1.165) is 0 Å². The van der Waals surface area contributed by atoms with Crippen LogP contribution >= 0.6 is 0 Å². The summed E-state index contributed by atoms with van der Waals surface area (Å²) in [7, 11) is -4.10. The van der Waals surface area contributed by atoms with Gasteiger partial charge in [-0.05, 0) is 0 Å². The second kappa shape index (κ2) is 7.48. The zero-order valence-corrected chi connectivity index (χ0v) is 9.23. The molecular formula is C4H10NNaO4S. The molecule has 0 aliphatic carbocycles. The molecule has 0 aliphatic heterocycles. The molecule has 0 radical (unpaired) electrons. The summed E-state index contributed by atoms with van der Waals surface area (Å²) in [5.74, 6) is -0.424. The van der Waals surface area contributed by atoms with Crippen LogP contribution in [0.25, 0.3) is 0 Å². The average Bonchev–Trinajstić information content (AvgIpc) is 1.78. The van der Waals surface area contributed by atoms with Crippen molar-refractivity contribution in [1.82, 2.24) is 5.32 Å². The standard InChI is InChI=1S/C4H11NO4S.Na/c6-3-1-5-2-4-10(7,8)9;/h5-6H,1-4H2,(H,7,8,9);/q;+1/p-1. The van der Waals surface area contributed by atoms with Gasteiger partial charge in [0.25, 0.3) is 0 Å². The molecule has 0 amide bonds. The third-order valence-corrected chi connectivity index (χ3v) is 1.52. The van der Waals surface area contributed by atoms with Crippen molar-refractivity contribution < 1.29 is 47.6 Å². The third kappa shape index (κ3) is 13.8. The topological polar surface area (TPSA) is 89.5 Å². The second-order valence-electron chi connectivity index (χ2n) is 1.74. The molecule has 7 heteroatoms. The summed E-state index contributed by atoms with van der Waals surface area (Å²) in [6, 6.07) is 0. The van der Waals surface area contributed by atoms with E-state index < -0.39 is 15.9 Å². The Morgan fingerprint density at radius 1 is 1.36 bits per heavy atom. The van der Waals surface area contributed by atoms with E-state index in [9.17, 15) is 13.0 Å². The molecule has 0 fully saturated rings. The van der Waals surface area contributed by atoms with Gasteiger partial charge in [0.1, 0.15) is 0 Å². The maximum Gasteiger partial charge on any atom is 1.00 e. The molecule has 0 rings (SSSR count). The van der Waals surface area contributed by atoms with Crippen LogP contribution in [-0.2, 0) is 10.1 Å². The SMILES string of the molecule is O=S(=O)([O-])CCNCCO.[Na+]. The van der Waals surface area contributed by atoms with Crippen LogP contribution in [-0.4, -0.2) is 43.5 Å². The average molecular weight is 191 g/mol. The molecule has 0 aromatic carbocycles. The van der Waals surface area contributed by atoms with Crippen molar-refractivity contribution in [3.63, 3.8) is 0 Å². The number of aliphatic hydroxyl groups excluding tert-OH is 1. The van der Waals surface area contributed by atoms with Crippen LogP contribution in [0.3, 0.4) is 0 Å². The number of aliphatic hydroxyl groups is 1. The molecule has 62 valence electrons. The molecule has 0 saturated heterocycles. The maximum absolute atomic E-state index is 9.94. The van der Waals surface area contributed by atoms with Crippen molar-refractivity contribution in [2.24, 2.45) is 0 Å². The molecule has 0 aliphatic rings. The Hall–Kier alpha value is 0.830. The number of hydrogen-bond acceptors (Lipinski definition) is 5. The second-order valence-corrected chi connectivity index (χ2v) is 3.26. The number of rotatable bonds is 5. The van der Waals surface area contributed by atoms with E-state index in [1.807, 2.05) is 0 Å². The Bertz CT molecular complexity index is 169. The van der Waals surface area contributed by atoms with Gasteiger partial charge in [0.2, 0.25) is 0 Å². The molecule has 5 nitrogen and oxygen atoms in total. The first-order valence-corrected chi connectivity index (χ1v) is 4.39. The zero-order valence-electron chi connectivity index (χ0n) is 6.41. The van der Waals surface area contributed by atoms with E-state index in [1.54, 1.807) is 0 Å². The van der Waals surface area contributed by atoms with E-state index in [1.165, 1.54) is 0 Å². The number of hydrogen-bond donors (Lipinski definition) is 2. The normalized spacial score (nSPS) is 10.7. The van der Waals surface area contributed by atoms with Gasteiger partial charge < -0.3 is 15.0 Å². The molecule has 0 aromatic rings. The van der Waals surface area contributed by atoms with Gasteiger partial charge in [0, 0.05) is 13.1 Å². The smallest absolute Gasteiger partial charge is 0.748 e. The molecule has 0 saturated carbocycles. The van der Waals surface area contributed by atoms with Crippen molar-refractivity contribution in [3.05, 3.63) is 0 Å². The van der Waals surface area contributed by atoms with Crippen molar-refractivity contribution in [1.29, 1.82) is 0 Å². The van der Waals surface area contributed by atoms with Crippen LogP contribution in [0, 0.1) is 0 Å². The van der Waals surface area contributed by atoms with Gasteiger partial charge in [-0.1, -0.05) is 0 Å². The van der Waals surface area contributed by atoms with Gasteiger partial charge >= 0.3 is 29.6 Å². The van der Waals surface area contributed by atoms with Crippen LogP contribution in [0.2, 0.25) is 0 Å². The monoisotopic (exact) mass is 191 g/mol. The third-order valence-electron chi connectivity index (χ3n) is 0.817. The van der Waals surface area contributed by atoms with Gasteiger partial charge in [0.15, 0.2) is 0 Å². The van der Waals surface area contributed by atoms with Gasteiger partial charge in [-0.2, -0.15) is 0 Å². The zero-order chi connectivity index (χ0) is 8.04. The molecule has 0 aromatic heterocycles. The molecule has 2 N–H and O–H groups in total. The Morgan fingerprint density at radius 2 is 1.91 bits per heavy atom. The molecule has 0 spiro atoms. The van der Waals surface area contributed by atoms with Crippen LogP contribution < -0.4 is 34.9 Å². The van der Waals surface area contributed by atoms with Crippen molar-refractivity contribution in [2.45, 2.75) is 0 Å². The molecule has 0 atom stereocenters. The first kappa shape index (κ1) is 14.4. The summed E-state index contributed by atoms with van der Waals surface area (Å²) >= 11 is 0. The quantitative estimate of drug-likeness (QED) is 0.258. The minimum absolute atomic E-state index is 0. The van der Waals surface area contributed by atoms with E-state index in [4.69, 9.17) is 5.11 Å². The Kier molecular flexibility index (Phi) is 9.76. The fourth-order valence-corrected chi connectivity index (χ4v) is 0.796. The summed E-state index contributed by atoms with van der Waals surface area (Å²) < 4.78 is 29.8. The fraction of sp³-hybridized carbons (Fsp3) is 1.00. The van der Waals surface area contributed by atoms with Crippen LogP contribution in [0.1, 0.15) is 0 Å². The van der Waals surface area contributed by atoms with E-state index in [2.05, 4.69) is 5.32 Å². The van der Waals surface area contributed by atoms with E-state index in [-0.39, 0.29) is 42.7 Å². The molecule has 0 unspecified atom stereocenters. The van der Waals surface area contributed by atoms with Gasteiger partial charge in [0.05, 0.1) is 22.5 Å². The summed E-state index contributed by atoms with van der Waals surface area (Å²) in [6.45, 7) is 0.362. The van der Waals surface area contributed by atoms with E-state index >= 15 is 0 Å². The Morgan fingerprint density at radius 3 is 2.27 bits per heavy atom. The minimum Gasteiger partial charge on any atom is -0.748 e. The first-order valence-electron chi connectivity index (χ1n) is 2.81. The Labute approximate surface area is 88.2 Å². The van der Waals surface area contributed by atoms with Gasteiger partial charge in [-0.25, -0.2) is 8.42 Å². The summed E-state index contributed by atoms with van der Waals surface area (Å²) in [5.41, 5.74) is 0. The van der Waals surface area contributed by atoms with Crippen molar-refractivity contribution in [2.75, 3.05) is 25.4 Å². The van der Waals surface area contributed by atoms with Gasteiger partial charge in [-0.3, -0.25) is 0 Å². The predicted octanol–water partition coefficient (Wildman–Crippen LogP) is -4.88. The van der Waals surface area contributed by atoms with Crippen LogP contribution in [0.15, 0.2) is 0 Å². The van der Waals surface area contributed by atoms with Crippen molar-refractivity contribution in [3.8, 4) is 0 Å². The summed E-state index contributed by atoms with van der Waals surface area (Å²) in [4.78, 5) is 0. The van der Waals surface area contributed by atoms with Crippen molar-refractivity contribution >= 4 is 10.1 Å². The molecule has 0 heterocycles. The van der Waals surface area contributed by atoms with Gasteiger partial charge in [-0.15, -0.1) is 0 Å². The molecular weight excluding hydrogens is 181 g/mol. The molecule has 0 bridgehead atoms. The van der Waals surface area contributed by atoms with Crippen LogP contribution in [0.4, 0.5) is 0 Å². The first-order chi connectivity index (χ1) is 4.56. The minimum atomic E-state index is -4.10. The predicted molar refractivity (Wildman–Crippen MR) is 34.5 cm³/mol. The largest absolute Gasteiger partial charge is 1.00 e. The summed E-state index contributed by atoms with van der Waals surface area (Å²) in [5, 5.41) is 10.8.